The molecule has 0 saturated heterocycles. The molecule has 2 rings (SSSR count). The number of rotatable bonds is 12. The van der Waals surface area contributed by atoms with Gasteiger partial charge in [0.1, 0.15) is 17.7 Å². The van der Waals surface area contributed by atoms with E-state index in [4.69, 9.17) is 5.41 Å². The molecule has 36 heavy (non-hydrogen) atoms. The first-order chi connectivity index (χ1) is 17.1. The van der Waals surface area contributed by atoms with Gasteiger partial charge in [-0.3, -0.25) is 9.59 Å². The number of halogens is 2. The maximum atomic E-state index is 13.7. The maximum Gasteiger partial charge on any atom is 0.253 e. The quantitative estimate of drug-likeness (QED) is 0.365. The van der Waals surface area contributed by atoms with E-state index in [0.717, 1.165) is 31.0 Å². The summed E-state index contributed by atoms with van der Waals surface area (Å²) in [6.45, 7) is 8.66. The second-order valence-electron chi connectivity index (χ2n) is 8.84. The van der Waals surface area contributed by atoms with Gasteiger partial charge in [0, 0.05) is 30.3 Å². The summed E-state index contributed by atoms with van der Waals surface area (Å²) in [6.07, 6.45) is 3.04. The van der Waals surface area contributed by atoms with Crippen LogP contribution in [0.4, 0.5) is 8.78 Å². The Balaban J connectivity index is 2.37. The zero-order valence-corrected chi connectivity index (χ0v) is 21.3. The Bertz CT molecular complexity index is 1090. The molecule has 0 aliphatic rings. The predicted octanol–water partition coefficient (Wildman–Crippen LogP) is 4.83. The molecule has 8 heteroatoms. The maximum absolute atomic E-state index is 13.7. The van der Waals surface area contributed by atoms with Gasteiger partial charge in [0.15, 0.2) is 0 Å². The van der Waals surface area contributed by atoms with E-state index in [1.54, 1.807) is 37.0 Å². The van der Waals surface area contributed by atoms with E-state index < -0.39 is 29.7 Å². The zero-order chi connectivity index (χ0) is 26.8. The number of nitrogens with zero attached hydrogens (tertiary/aromatic N) is 1. The first-order valence-electron chi connectivity index (χ1n) is 12.2. The Morgan fingerprint density at radius 3 is 2.17 bits per heavy atom. The monoisotopic (exact) mass is 499 g/mol. The number of allylic oxidation sites excluding steroid dienone is 1. The lowest BCUT2D eigenvalue weighted by Gasteiger charge is -2.25. The molecule has 0 bridgehead atoms. The number of aryl methyl sites for hydroxylation is 1. The highest BCUT2D eigenvalue weighted by atomic mass is 19.1. The molecule has 0 heterocycles. The van der Waals surface area contributed by atoms with Crippen LogP contribution in [0.25, 0.3) is 0 Å². The number of aliphatic hydroxyl groups is 1. The van der Waals surface area contributed by atoms with Gasteiger partial charge in [-0.15, -0.1) is 0 Å². The van der Waals surface area contributed by atoms with Gasteiger partial charge in [0.05, 0.1) is 11.8 Å². The summed E-state index contributed by atoms with van der Waals surface area (Å²) >= 11 is 0. The van der Waals surface area contributed by atoms with E-state index in [1.807, 2.05) is 13.8 Å². The Labute approximate surface area is 211 Å². The molecule has 0 saturated carbocycles. The molecule has 0 radical (unpaired) electrons. The largest absolute Gasteiger partial charge is 0.385 e. The number of aliphatic hydroxyl groups excluding tert-OH is 1. The first-order valence-corrected chi connectivity index (χ1v) is 12.2. The van der Waals surface area contributed by atoms with Crippen molar-refractivity contribution < 1.29 is 23.5 Å². The molecule has 2 atom stereocenters. The van der Waals surface area contributed by atoms with E-state index in [1.165, 1.54) is 12.1 Å². The summed E-state index contributed by atoms with van der Waals surface area (Å²) in [5, 5.41) is 21.5. The normalized spacial score (nSPS) is 12.9. The van der Waals surface area contributed by atoms with Gasteiger partial charge in [-0.1, -0.05) is 19.9 Å². The highest BCUT2D eigenvalue weighted by Gasteiger charge is 2.26. The highest BCUT2D eigenvalue weighted by Crippen LogP contribution is 2.16. The first kappa shape index (κ1) is 28.8. The van der Waals surface area contributed by atoms with E-state index in [9.17, 15) is 23.5 Å². The van der Waals surface area contributed by atoms with Crippen LogP contribution in [0.15, 0.2) is 48.6 Å². The van der Waals surface area contributed by atoms with Crippen LogP contribution in [-0.4, -0.2) is 52.8 Å². The van der Waals surface area contributed by atoms with Crippen molar-refractivity contribution in [3.05, 3.63) is 82.4 Å². The fraction of sp³-hybridized carbons (Fsp3) is 0.393. The fourth-order valence-electron chi connectivity index (χ4n) is 4.05. The fourth-order valence-corrected chi connectivity index (χ4v) is 4.05. The highest BCUT2D eigenvalue weighted by molar-refractivity contribution is 6.01. The Morgan fingerprint density at radius 2 is 1.61 bits per heavy atom. The van der Waals surface area contributed by atoms with E-state index in [0.29, 0.717) is 24.2 Å². The molecule has 3 N–H and O–H groups in total. The minimum Gasteiger partial charge on any atom is -0.385 e. The van der Waals surface area contributed by atoms with Crippen molar-refractivity contribution in [3.8, 4) is 0 Å². The molecule has 0 aliphatic carbocycles. The van der Waals surface area contributed by atoms with Gasteiger partial charge in [-0.2, -0.15) is 0 Å². The number of carbonyl (C=O) groups excluding carboxylic acids is 2. The van der Waals surface area contributed by atoms with E-state index in [2.05, 4.69) is 5.32 Å². The average molecular weight is 500 g/mol. The summed E-state index contributed by atoms with van der Waals surface area (Å²) < 4.78 is 27.5. The van der Waals surface area contributed by atoms with Crippen LogP contribution < -0.4 is 5.32 Å². The number of carbonyl (C=O) groups is 2. The van der Waals surface area contributed by atoms with Crippen molar-refractivity contribution in [3.63, 3.8) is 0 Å². The van der Waals surface area contributed by atoms with Gasteiger partial charge >= 0.3 is 0 Å². The van der Waals surface area contributed by atoms with Crippen molar-refractivity contribution in [1.82, 2.24) is 10.2 Å². The van der Waals surface area contributed by atoms with Crippen LogP contribution in [0.1, 0.15) is 65.5 Å². The molecular weight excluding hydrogens is 464 g/mol. The Hall–Kier alpha value is -3.39. The topological polar surface area (TPSA) is 93.5 Å². The third-order valence-electron chi connectivity index (χ3n) is 5.60. The standard InChI is InChI=1S/C28H35F2N3O3/c1-5-8-24(31)26(34)25(15-19-13-22(29)17-23(30)14-19)32-27(35)20-11-18(4)12-21(16-20)28(36)33(9-6-2)10-7-3/h5,8,11-14,16-17,25-26,31,34H,6-7,9-10,15H2,1-4H3,(H,32,35)/b8-5+,31-24?. The smallest absolute Gasteiger partial charge is 0.253 e. The summed E-state index contributed by atoms with van der Waals surface area (Å²) in [7, 11) is 0. The third kappa shape index (κ3) is 8.09. The number of hydrogen-bond acceptors (Lipinski definition) is 4. The number of hydrogen-bond donors (Lipinski definition) is 3. The molecule has 2 amide bonds. The van der Waals surface area contributed by atoms with Crippen LogP contribution in [0.3, 0.4) is 0 Å². The third-order valence-corrected chi connectivity index (χ3v) is 5.60. The van der Waals surface area contributed by atoms with Gasteiger partial charge in [-0.05, 0) is 80.6 Å². The summed E-state index contributed by atoms with van der Waals surface area (Å²) in [5.41, 5.74) is 1.37. The molecule has 0 aromatic heterocycles. The van der Waals surface area contributed by atoms with Crippen LogP contribution in [0.5, 0.6) is 0 Å². The number of benzene rings is 2. The molecule has 2 unspecified atom stereocenters. The summed E-state index contributed by atoms with van der Waals surface area (Å²) in [4.78, 5) is 28.1. The SMILES string of the molecule is C/C=C/C(=N)C(O)C(Cc1cc(F)cc(F)c1)NC(=O)c1cc(C)cc(C(=O)N(CCC)CCC)c1. The minimum atomic E-state index is -1.42. The average Bonchev–Trinajstić information content (AvgIpc) is 2.81. The molecule has 0 fully saturated rings. The van der Waals surface area contributed by atoms with Crippen molar-refractivity contribution in [2.75, 3.05) is 13.1 Å². The molecule has 6 nitrogen and oxygen atoms in total. The van der Waals surface area contributed by atoms with Crippen molar-refractivity contribution >= 4 is 17.5 Å². The molecule has 2 aromatic carbocycles. The van der Waals surface area contributed by atoms with Crippen molar-refractivity contribution in [2.24, 2.45) is 0 Å². The van der Waals surface area contributed by atoms with E-state index in [-0.39, 0.29) is 29.2 Å². The molecule has 0 spiro atoms. The Morgan fingerprint density at radius 1 is 1.03 bits per heavy atom. The van der Waals surface area contributed by atoms with Gasteiger partial charge in [0.25, 0.3) is 11.8 Å². The van der Waals surface area contributed by atoms with Gasteiger partial charge in [0.2, 0.25) is 0 Å². The van der Waals surface area contributed by atoms with Gasteiger partial charge in [-0.25, -0.2) is 8.78 Å². The van der Waals surface area contributed by atoms with Crippen molar-refractivity contribution in [2.45, 2.75) is 59.1 Å². The Kier molecular flexibility index (Phi) is 10.9. The van der Waals surface area contributed by atoms with Crippen molar-refractivity contribution in [1.29, 1.82) is 5.41 Å². The number of nitrogens with one attached hydrogen (secondary N) is 2. The molecule has 0 aliphatic heterocycles. The van der Waals surface area contributed by atoms with Crippen LogP contribution >= 0.6 is 0 Å². The lowest BCUT2D eigenvalue weighted by Crippen LogP contribution is -2.48. The number of amides is 2. The summed E-state index contributed by atoms with van der Waals surface area (Å²) in [5.74, 6) is -2.30. The zero-order valence-electron chi connectivity index (χ0n) is 21.3. The molecular formula is C28H35F2N3O3. The van der Waals surface area contributed by atoms with Crippen LogP contribution in [0.2, 0.25) is 0 Å². The second-order valence-corrected chi connectivity index (χ2v) is 8.84. The summed E-state index contributed by atoms with van der Waals surface area (Å²) in [6, 6.07) is 6.78. The molecule has 2 aromatic rings. The molecule has 194 valence electrons. The second kappa shape index (κ2) is 13.6. The van der Waals surface area contributed by atoms with Crippen LogP contribution in [0, 0.1) is 24.0 Å². The lowest BCUT2D eigenvalue weighted by atomic mass is 9.96. The lowest BCUT2D eigenvalue weighted by molar-refractivity contribution is 0.0755. The predicted molar refractivity (Wildman–Crippen MR) is 138 cm³/mol. The van der Waals surface area contributed by atoms with Gasteiger partial charge < -0.3 is 20.7 Å². The van der Waals surface area contributed by atoms with Crippen LogP contribution in [-0.2, 0) is 6.42 Å². The minimum absolute atomic E-state index is 0.111. The van der Waals surface area contributed by atoms with E-state index >= 15 is 0 Å².